The Kier molecular flexibility index (Phi) is 5.88. The Balaban J connectivity index is 1.55. The molecule has 0 saturated heterocycles. The van der Waals surface area contributed by atoms with Crippen molar-refractivity contribution >= 4 is 27.5 Å². The van der Waals surface area contributed by atoms with Crippen LogP contribution in [0.2, 0.25) is 0 Å². The van der Waals surface area contributed by atoms with Gasteiger partial charge >= 0.3 is 5.97 Å². The van der Waals surface area contributed by atoms with Gasteiger partial charge in [-0.1, -0.05) is 60.7 Å². The van der Waals surface area contributed by atoms with E-state index in [9.17, 15) is 4.79 Å². The zero-order chi connectivity index (χ0) is 23.5. The molecule has 0 heterocycles. The summed E-state index contributed by atoms with van der Waals surface area (Å²) in [5, 5.41) is 3.70. The normalized spacial score (nSPS) is 10.9. The summed E-state index contributed by atoms with van der Waals surface area (Å²) < 4.78 is 16.8. The van der Waals surface area contributed by atoms with Gasteiger partial charge in [0, 0.05) is 10.8 Å². The Bertz CT molecular complexity index is 1490. The molecule has 4 nitrogen and oxygen atoms in total. The van der Waals surface area contributed by atoms with Crippen molar-refractivity contribution in [1.82, 2.24) is 0 Å². The second-order valence-corrected chi connectivity index (χ2v) is 8.09. The predicted molar refractivity (Wildman–Crippen MR) is 135 cm³/mol. The van der Waals surface area contributed by atoms with Gasteiger partial charge in [0.05, 0.1) is 19.8 Å². The fourth-order valence-corrected chi connectivity index (χ4v) is 4.22. The second kappa shape index (κ2) is 9.28. The van der Waals surface area contributed by atoms with Gasteiger partial charge in [-0.05, 0) is 64.7 Å². The van der Waals surface area contributed by atoms with Crippen LogP contribution < -0.4 is 14.2 Å². The van der Waals surface area contributed by atoms with Crippen LogP contribution in [0.15, 0.2) is 97.1 Å². The molecule has 0 atom stereocenters. The second-order valence-electron chi connectivity index (χ2n) is 8.09. The number of fused-ring (bicyclic) bond motifs is 2. The highest BCUT2D eigenvalue weighted by Gasteiger charge is 2.18. The van der Waals surface area contributed by atoms with Gasteiger partial charge in [-0.25, -0.2) is 4.79 Å². The number of carbonyl (C=O) groups excluding carboxylic acids is 1. The van der Waals surface area contributed by atoms with Gasteiger partial charge in [0.15, 0.2) is 0 Å². The topological polar surface area (TPSA) is 44.8 Å². The fraction of sp³-hybridized carbons (Fsp3) is 0.100. The van der Waals surface area contributed by atoms with E-state index in [4.69, 9.17) is 14.2 Å². The van der Waals surface area contributed by atoms with Crippen LogP contribution in [-0.2, 0) is 6.42 Å². The van der Waals surface area contributed by atoms with Gasteiger partial charge in [0.2, 0.25) is 0 Å². The summed E-state index contributed by atoms with van der Waals surface area (Å²) in [5.74, 6) is 1.66. The number of hydrogen-bond acceptors (Lipinski definition) is 4. The van der Waals surface area contributed by atoms with Crippen LogP contribution in [0, 0.1) is 0 Å². The molecule has 0 fully saturated rings. The predicted octanol–water partition coefficient (Wildman–Crippen LogP) is 6.82. The van der Waals surface area contributed by atoms with E-state index >= 15 is 0 Å². The molecule has 0 N–H and O–H groups in total. The highest BCUT2D eigenvalue weighted by atomic mass is 16.5. The SMILES string of the molecule is COc1ccc(Cc2ccccc2C(=O)Oc2c3ccccc3cc3ccc(OC)cc23)cc1. The maximum atomic E-state index is 13.5. The number of benzene rings is 5. The van der Waals surface area contributed by atoms with Crippen LogP contribution in [0.5, 0.6) is 17.2 Å². The summed E-state index contributed by atoms with van der Waals surface area (Å²) in [4.78, 5) is 13.5. The van der Waals surface area contributed by atoms with E-state index in [1.807, 2.05) is 91.0 Å². The molecular formula is C30H24O4. The molecule has 0 radical (unpaired) electrons. The highest BCUT2D eigenvalue weighted by Crippen LogP contribution is 2.37. The van der Waals surface area contributed by atoms with E-state index in [1.165, 1.54) is 0 Å². The molecule has 4 heteroatoms. The van der Waals surface area contributed by atoms with Crippen molar-refractivity contribution < 1.29 is 19.0 Å². The Morgan fingerprint density at radius 2 is 1.35 bits per heavy atom. The quantitative estimate of drug-likeness (QED) is 0.162. The molecule has 0 spiro atoms. The number of hydrogen-bond donors (Lipinski definition) is 0. The van der Waals surface area contributed by atoms with Crippen molar-refractivity contribution in [1.29, 1.82) is 0 Å². The van der Waals surface area contributed by atoms with Crippen molar-refractivity contribution in [3.8, 4) is 17.2 Å². The van der Waals surface area contributed by atoms with Gasteiger partial charge in [-0.3, -0.25) is 0 Å². The highest BCUT2D eigenvalue weighted by molar-refractivity contribution is 6.08. The first kappa shape index (κ1) is 21.5. The maximum Gasteiger partial charge on any atom is 0.343 e. The first-order valence-electron chi connectivity index (χ1n) is 11.1. The van der Waals surface area contributed by atoms with E-state index in [2.05, 4.69) is 6.07 Å². The Morgan fingerprint density at radius 1 is 0.676 bits per heavy atom. The van der Waals surface area contributed by atoms with Crippen molar-refractivity contribution in [3.05, 3.63) is 114 Å². The van der Waals surface area contributed by atoms with Crippen molar-refractivity contribution in [2.75, 3.05) is 14.2 Å². The molecule has 34 heavy (non-hydrogen) atoms. The Labute approximate surface area is 198 Å². The van der Waals surface area contributed by atoms with Gasteiger partial charge in [-0.2, -0.15) is 0 Å². The third-order valence-electron chi connectivity index (χ3n) is 6.01. The van der Waals surface area contributed by atoms with Crippen LogP contribution >= 0.6 is 0 Å². The fourth-order valence-electron chi connectivity index (χ4n) is 4.22. The molecule has 0 saturated carbocycles. The molecule has 0 amide bonds. The number of methoxy groups -OCH3 is 2. The molecule has 0 bridgehead atoms. The zero-order valence-electron chi connectivity index (χ0n) is 19.1. The van der Waals surface area contributed by atoms with Gasteiger partial charge in [0.25, 0.3) is 0 Å². The van der Waals surface area contributed by atoms with Crippen LogP contribution in [0.1, 0.15) is 21.5 Å². The molecule has 0 aliphatic heterocycles. The van der Waals surface area contributed by atoms with Crippen molar-refractivity contribution in [2.45, 2.75) is 6.42 Å². The molecule has 168 valence electrons. The molecule has 0 unspecified atom stereocenters. The van der Waals surface area contributed by atoms with Crippen LogP contribution in [0.4, 0.5) is 0 Å². The number of esters is 1. The van der Waals surface area contributed by atoms with E-state index in [0.29, 0.717) is 23.5 Å². The summed E-state index contributed by atoms with van der Waals surface area (Å²) in [7, 11) is 3.27. The number of carbonyl (C=O) groups is 1. The lowest BCUT2D eigenvalue weighted by atomic mass is 9.99. The van der Waals surface area contributed by atoms with Gasteiger partial charge < -0.3 is 14.2 Å². The van der Waals surface area contributed by atoms with E-state index in [1.54, 1.807) is 14.2 Å². The molecule has 5 rings (SSSR count). The zero-order valence-corrected chi connectivity index (χ0v) is 19.1. The average molecular weight is 449 g/mol. The molecule has 0 aliphatic rings. The molecule has 0 aromatic heterocycles. The average Bonchev–Trinajstić information content (AvgIpc) is 2.89. The summed E-state index contributed by atoms with van der Waals surface area (Å²) in [6.45, 7) is 0. The third-order valence-corrected chi connectivity index (χ3v) is 6.01. The van der Waals surface area contributed by atoms with Crippen molar-refractivity contribution in [3.63, 3.8) is 0 Å². The standard InChI is InChI=1S/C30H24O4/c1-32-24-14-11-20(12-15-24)17-21-7-4-6-10-27(21)30(31)34-29-26-9-5-3-8-22(26)18-23-13-16-25(33-2)19-28(23)29/h3-16,18-19H,17H2,1-2H3. The van der Waals surface area contributed by atoms with Crippen LogP contribution in [0.25, 0.3) is 21.5 Å². The van der Waals surface area contributed by atoms with E-state index in [-0.39, 0.29) is 5.97 Å². The largest absolute Gasteiger partial charge is 0.497 e. The first-order chi connectivity index (χ1) is 16.7. The monoisotopic (exact) mass is 448 g/mol. The van der Waals surface area contributed by atoms with E-state index in [0.717, 1.165) is 38.4 Å². The summed E-state index contributed by atoms with van der Waals surface area (Å²) in [6.07, 6.45) is 0.610. The minimum atomic E-state index is -0.385. The van der Waals surface area contributed by atoms with E-state index < -0.39 is 0 Å². The lowest BCUT2D eigenvalue weighted by molar-refractivity contribution is 0.0738. The van der Waals surface area contributed by atoms with Gasteiger partial charge in [-0.15, -0.1) is 0 Å². The number of rotatable bonds is 6. The summed E-state index contributed by atoms with van der Waals surface area (Å²) in [6, 6.07) is 31.3. The summed E-state index contributed by atoms with van der Waals surface area (Å²) in [5.41, 5.74) is 2.53. The maximum absolute atomic E-state index is 13.5. The Hall–Kier alpha value is -4.31. The van der Waals surface area contributed by atoms with Crippen LogP contribution in [-0.4, -0.2) is 20.2 Å². The van der Waals surface area contributed by atoms with Gasteiger partial charge in [0.1, 0.15) is 17.2 Å². The smallest absolute Gasteiger partial charge is 0.343 e. The van der Waals surface area contributed by atoms with Crippen LogP contribution in [0.3, 0.4) is 0 Å². The first-order valence-corrected chi connectivity index (χ1v) is 11.1. The molecule has 5 aromatic carbocycles. The summed E-state index contributed by atoms with van der Waals surface area (Å²) >= 11 is 0. The minimum Gasteiger partial charge on any atom is -0.497 e. The number of ether oxygens (including phenoxy) is 3. The lowest BCUT2D eigenvalue weighted by Gasteiger charge is -2.14. The molecular weight excluding hydrogens is 424 g/mol. The molecule has 0 aliphatic carbocycles. The molecule has 5 aromatic rings. The lowest BCUT2D eigenvalue weighted by Crippen LogP contribution is -2.12. The van der Waals surface area contributed by atoms with Crippen molar-refractivity contribution in [2.24, 2.45) is 0 Å². The Morgan fingerprint density at radius 3 is 2.15 bits per heavy atom. The third kappa shape index (κ3) is 4.18. The minimum absolute atomic E-state index is 0.385.